The van der Waals surface area contributed by atoms with Gasteiger partial charge in [-0.25, -0.2) is 9.97 Å². The Hall–Kier alpha value is -1.95. The summed E-state index contributed by atoms with van der Waals surface area (Å²) in [5.41, 5.74) is 1.00. The number of rotatable bonds is 5. The van der Waals surface area contributed by atoms with Crippen LogP contribution in [0.5, 0.6) is 0 Å². The van der Waals surface area contributed by atoms with Gasteiger partial charge in [-0.3, -0.25) is 4.79 Å². The predicted molar refractivity (Wildman–Crippen MR) is 83.4 cm³/mol. The van der Waals surface area contributed by atoms with E-state index in [-0.39, 0.29) is 12.3 Å². The fourth-order valence-electron chi connectivity index (χ4n) is 1.69. The fourth-order valence-corrected chi connectivity index (χ4v) is 2.24. The Kier molecular flexibility index (Phi) is 4.68. The van der Waals surface area contributed by atoms with E-state index in [4.69, 9.17) is 0 Å². The van der Waals surface area contributed by atoms with E-state index in [1.807, 2.05) is 42.3 Å². The Morgan fingerprint density at radius 3 is 2.80 bits per heavy atom. The molecule has 0 atom stereocenters. The van der Waals surface area contributed by atoms with E-state index < -0.39 is 0 Å². The zero-order valence-electron chi connectivity index (χ0n) is 11.3. The zero-order chi connectivity index (χ0) is 14.5. The van der Waals surface area contributed by atoms with E-state index >= 15 is 0 Å². The van der Waals surface area contributed by atoms with E-state index in [2.05, 4.69) is 31.2 Å². The molecule has 0 spiro atoms. The highest BCUT2D eigenvalue weighted by molar-refractivity contribution is 9.10. The van der Waals surface area contributed by atoms with Crippen LogP contribution < -0.4 is 10.2 Å². The van der Waals surface area contributed by atoms with Crippen molar-refractivity contribution in [2.24, 2.45) is 0 Å². The number of halogens is 1. The summed E-state index contributed by atoms with van der Waals surface area (Å²) in [6.07, 6.45) is 1.48. The number of carbonyl (C=O) groups excluding carboxylic acids is 1. The summed E-state index contributed by atoms with van der Waals surface area (Å²) in [4.78, 5) is 21.3. The molecule has 2 aromatic rings. The zero-order valence-corrected chi connectivity index (χ0v) is 12.9. The van der Waals surface area contributed by atoms with Crippen LogP contribution in [0.25, 0.3) is 0 Å². The van der Waals surface area contributed by atoms with E-state index in [0.717, 1.165) is 16.0 Å². The third-order valence-electron chi connectivity index (χ3n) is 2.73. The predicted octanol–water partition coefficient (Wildman–Crippen LogP) is 3.01. The molecule has 0 unspecified atom stereocenters. The molecule has 0 aliphatic carbocycles. The molecule has 6 heteroatoms. The van der Waals surface area contributed by atoms with Crippen molar-refractivity contribution in [2.75, 3.05) is 23.8 Å². The number of aromatic nitrogens is 2. The molecule has 1 aromatic heterocycles. The Morgan fingerprint density at radius 1 is 1.35 bits per heavy atom. The minimum atomic E-state index is 0.0596. The molecule has 2 rings (SSSR count). The Balaban J connectivity index is 2.22. The van der Waals surface area contributed by atoms with Crippen molar-refractivity contribution in [1.29, 1.82) is 0 Å². The van der Waals surface area contributed by atoms with Gasteiger partial charge in [0.25, 0.3) is 0 Å². The fraction of sp³-hybridized carbons (Fsp3) is 0.214. The number of ketones is 1. The number of Topliss-reactive ketones (excluding diaryl/α,β-unsaturated/α-hetero) is 1. The normalized spacial score (nSPS) is 10.2. The van der Waals surface area contributed by atoms with E-state index in [0.29, 0.717) is 5.82 Å². The Labute approximate surface area is 126 Å². The summed E-state index contributed by atoms with van der Waals surface area (Å²) in [6.45, 7) is 1.79. The average molecular weight is 335 g/mol. The molecule has 0 radical (unpaired) electrons. The molecule has 0 saturated heterocycles. The van der Waals surface area contributed by atoms with E-state index in [9.17, 15) is 4.79 Å². The largest absolute Gasteiger partial charge is 0.363 e. The second kappa shape index (κ2) is 6.47. The van der Waals surface area contributed by atoms with E-state index in [1.54, 1.807) is 0 Å². The van der Waals surface area contributed by atoms with Crippen molar-refractivity contribution in [1.82, 2.24) is 9.97 Å². The van der Waals surface area contributed by atoms with Crippen LogP contribution in [-0.2, 0) is 4.79 Å². The first-order valence-corrected chi connectivity index (χ1v) is 6.91. The molecule has 0 fully saturated rings. The smallest absolute Gasteiger partial charge is 0.148 e. The van der Waals surface area contributed by atoms with Crippen molar-refractivity contribution in [3.8, 4) is 0 Å². The first-order valence-electron chi connectivity index (χ1n) is 6.11. The average Bonchev–Trinajstić information content (AvgIpc) is 2.45. The van der Waals surface area contributed by atoms with Gasteiger partial charge in [-0.1, -0.05) is 12.1 Å². The van der Waals surface area contributed by atoms with Gasteiger partial charge in [0.15, 0.2) is 0 Å². The van der Waals surface area contributed by atoms with Crippen LogP contribution in [-0.4, -0.2) is 29.3 Å². The van der Waals surface area contributed by atoms with Gasteiger partial charge in [0.1, 0.15) is 23.7 Å². The van der Waals surface area contributed by atoms with Gasteiger partial charge >= 0.3 is 0 Å². The summed E-state index contributed by atoms with van der Waals surface area (Å²) in [7, 11) is 1.93. The molecule has 5 nitrogen and oxygen atoms in total. The quantitative estimate of drug-likeness (QED) is 0.910. The summed E-state index contributed by atoms with van der Waals surface area (Å²) in [5.74, 6) is 1.44. The number of hydrogen-bond acceptors (Lipinski definition) is 5. The maximum Gasteiger partial charge on any atom is 0.148 e. The van der Waals surface area contributed by atoms with Gasteiger partial charge in [-0.05, 0) is 35.0 Å². The van der Waals surface area contributed by atoms with E-state index in [1.165, 1.54) is 13.3 Å². The van der Waals surface area contributed by atoms with Crippen molar-refractivity contribution in [2.45, 2.75) is 6.92 Å². The molecule has 1 N–H and O–H groups in total. The molecule has 0 amide bonds. The minimum Gasteiger partial charge on any atom is -0.363 e. The van der Waals surface area contributed by atoms with Gasteiger partial charge in [-0.2, -0.15) is 0 Å². The molecule has 104 valence electrons. The molecular weight excluding hydrogens is 320 g/mol. The molecule has 1 heterocycles. The summed E-state index contributed by atoms with van der Waals surface area (Å²) >= 11 is 3.52. The van der Waals surface area contributed by atoms with Crippen LogP contribution in [0, 0.1) is 0 Å². The first-order chi connectivity index (χ1) is 9.58. The van der Waals surface area contributed by atoms with Crippen LogP contribution in [0.4, 0.5) is 17.3 Å². The SMILES string of the molecule is CC(=O)CNc1cc(N(C)c2ccccc2Br)ncn1. The van der Waals surface area contributed by atoms with Gasteiger partial charge in [0.2, 0.25) is 0 Å². The first kappa shape index (κ1) is 14.5. The molecule has 0 bridgehead atoms. The summed E-state index contributed by atoms with van der Waals surface area (Å²) < 4.78 is 0.986. The summed E-state index contributed by atoms with van der Waals surface area (Å²) in [5, 5.41) is 2.97. The third-order valence-corrected chi connectivity index (χ3v) is 3.40. The molecular formula is C14H15BrN4O. The van der Waals surface area contributed by atoms with Crippen LogP contribution in [0.2, 0.25) is 0 Å². The lowest BCUT2D eigenvalue weighted by molar-refractivity contribution is -0.115. The molecule has 0 aliphatic rings. The second-order valence-electron chi connectivity index (χ2n) is 4.33. The molecule has 20 heavy (non-hydrogen) atoms. The van der Waals surface area contributed by atoms with Crippen LogP contribution >= 0.6 is 15.9 Å². The van der Waals surface area contributed by atoms with Crippen molar-refractivity contribution in [3.05, 3.63) is 41.1 Å². The number of nitrogens with one attached hydrogen (secondary N) is 1. The number of carbonyl (C=O) groups is 1. The molecule has 0 saturated carbocycles. The lowest BCUT2D eigenvalue weighted by atomic mass is 10.3. The number of anilines is 3. The maximum atomic E-state index is 11.0. The van der Waals surface area contributed by atoms with Crippen molar-refractivity contribution < 1.29 is 4.79 Å². The van der Waals surface area contributed by atoms with Crippen LogP contribution in [0.1, 0.15) is 6.92 Å². The maximum absolute atomic E-state index is 11.0. The van der Waals surface area contributed by atoms with Crippen molar-refractivity contribution >= 4 is 39.0 Å². The van der Waals surface area contributed by atoms with Gasteiger partial charge in [-0.15, -0.1) is 0 Å². The Morgan fingerprint density at radius 2 is 2.10 bits per heavy atom. The van der Waals surface area contributed by atoms with Crippen LogP contribution in [0.3, 0.4) is 0 Å². The third kappa shape index (κ3) is 3.54. The Bertz CT molecular complexity index is 618. The molecule has 0 aliphatic heterocycles. The monoisotopic (exact) mass is 334 g/mol. The minimum absolute atomic E-state index is 0.0596. The highest BCUT2D eigenvalue weighted by Crippen LogP contribution is 2.29. The number of para-hydroxylation sites is 1. The number of benzene rings is 1. The second-order valence-corrected chi connectivity index (χ2v) is 5.18. The molecule has 1 aromatic carbocycles. The lowest BCUT2D eigenvalue weighted by Crippen LogP contribution is -2.14. The van der Waals surface area contributed by atoms with Gasteiger partial charge in [0, 0.05) is 17.6 Å². The lowest BCUT2D eigenvalue weighted by Gasteiger charge is -2.20. The van der Waals surface area contributed by atoms with Gasteiger partial charge in [0.05, 0.1) is 12.2 Å². The highest BCUT2D eigenvalue weighted by atomic mass is 79.9. The van der Waals surface area contributed by atoms with Crippen molar-refractivity contribution in [3.63, 3.8) is 0 Å². The topological polar surface area (TPSA) is 58.1 Å². The van der Waals surface area contributed by atoms with Crippen LogP contribution in [0.15, 0.2) is 41.1 Å². The van der Waals surface area contributed by atoms with Gasteiger partial charge < -0.3 is 10.2 Å². The highest BCUT2D eigenvalue weighted by Gasteiger charge is 2.09. The number of nitrogens with zero attached hydrogens (tertiary/aromatic N) is 3. The standard InChI is InChI=1S/C14H15BrN4O/c1-10(20)8-16-13-7-14(18-9-17-13)19(2)12-6-4-3-5-11(12)15/h3-7,9H,8H2,1-2H3,(H,16,17,18). The number of hydrogen-bond donors (Lipinski definition) is 1. The summed E-state index contributed by atoms with van der Waals surface area (Å²) in [6, 6.07) is 9.70.